The number of methoxy groups -OCH3 is 2. The number of amides is 1. The second-order valence-electron chi connectivity index (χ2n) is 8.20. The molecule has 1 aliphatic heterocycles. The summed E-state index contributed by atoms with van der Waals surface area (Å²) in [7, 11) is 2.93. The number of ether oxygens (including phenoxy) is 2. The Hall–Kier alpha value is -4.46. The van der Waals surface area contributed by atoms with Crippen molar-refractivity contribution in [1.82, 2.24) is 15.3 Å². The van der Waals surface area contributed by atoms with Gasteiger partial charge >= 0.3 is 5.97 Å². The molecule has 36 heavy (non-hydrogen) atoms. The van der Waals surface area contributed by atoms with E-state index in [1.807, 2.05) is 72.8 Å². The predicted molar refractivity (Wildman–Crippen MR) is 136 cm³/mol. The van der Waals surface area contributed by atoms with Crippen LogP contribution in [0.1, 0.15) is 23.2 Å². The van der Waals surface area contributed by atoms with Gasteiger partial charge in [-0.3, -0.25) is 14.6 Å². The molecule has 1 amide bonds. The highest BCUT2D eigenvalue weighted by atomic mass is 16.5. The number of carbonyl (C=O) groups is 2. The molecule has 0 radical (unpaired) electrons. The van der Waals surface area contributed by atoms with Crippen LogP contribution in [0, 0.1) is 0 Å². The summed E-state index contributed by atoms with van der Waals surface area (Å²) in [5.41, 5.74) is 4.09. The van der Waals surface area contributed by atoms with Gasteiger partial charge in [0.15, 0.2) is 0 Å². The van der Waals surface area contributed by atoms with E-state index in [2.05, 4.69) is 15.4 Å². The number of pyridine rings is 1. The largest absolute Gasteiger partial charge is 0.497 e. The molecule has 0 atom stereocenters. The molecule has 0 saturated carbocycles. The van der Waals surface area contributed by atoms with Crippen LogP contribution in [0.25, 0.3) is 0 Å². The Balaban J connectivity index is 1.72. The summed E-state index contributed by atoms with van der Waals surface area (Å²) in [6, 6.07) is 22.9. The maximum atomic E-state index is 13.7. The highest BCUT2D eigenvalue weighted by Gasteiger charge is 2.34. The fraction of sp³-hybridized carbons (Fsp3) is 0.214. The molecule has 2 heterocycles. The molecule has 0 fully saturated rings. The number of rotatable bonds is 10. The summed E-state index contributed by atoms with van der Waals surface area (Å²) in [6.45, 7) is 0.696. The van der Waals surface area contributed by atoms with Crippen LogP contribution in [0.2, 0.25) is 0 Å². The van der Waals surface area contributed by atoms with Gasteiger partial charge in [-0.05, 0) is 35.4 Å². The average molecular weight is 485 g/mol. The van der Waals surface area contributed by atoms with E-state index in [1.165, 1.54) is 12.1 Å². The smallest absolute Gasteiger partial charge is 0.311 e. The minimum atomic E-state index is -0.467. The lowest BCUT2D eigenvalue weighted by Gasteiger charge is -2.16. The van der Waals surface area contributed by atoms with Crippen molar-refractivity contribution < 1.29 is 19.1 Å². The highest BCUT2D eigenvalue weighted by Crippen LogP contribution is 2.25. The van der Waals surface area contributed by atoms with Gasteiger partial charge in [-0.25, -0.2) is 5.01 Å². The Morgan fingerprint density at radius 2 is 1.72 bits per heavy atom. The van der Waals surface area contributed by atoms with E-state index in [1.54, 1.807) is 13.3 Å². The van der Waals surface area contributed by atoms with Crippen LogP contribution in [0.15, 0.2) is 95.4 Å². The Bertz CT molecular complexity index is 1270. The number of benzene rings is 2. The first-order valence-corrected chi connectivity index (χ1v) is 11.6. The van der Waals surface area contributed by atoms with Gasteiger partial charge in [-0.15, -0.1) is 0 Å². The first-order chi connectivity index (χ1) is 17.6. The fourth-order valence-electron chi connectivity index (χ4n) is 3.92. The zero-order valence-electron chi connectivity index (χ0n) is 20.3. The van der Waals surface area contributed by atoms with E-state index in [9.17, 15) is 9.59 Å². The van der Waals surface area contributed by atoms with Gasteiger partial charge in [0.1, 0.15) is 5.75 Å². The summed E-state index contributed by atoms with van der Waals surface area (Å²) in [4.78, 5) is 30.3. The van der Waals surface area contributed by atoms with Gasteiger partial charge in [0.05, 0.1) is 50.7 Å². The molecule has 184 valence electrons. The van der Waals surface area contributed by atoms with Gasteiger partial charge in [0.25, 0.3) is 5.91 Å². The minimum Gasteiger partial charge on any atom is -0.497 e. The van der Waals surface area contributed by atoms with Crippen molar-refractivity contribution in [3.05, 3.63) is 107 Å². The molecule has 1 N–H and O–H groups in total. The SMILES string of the molecule is COC(=O)CC1=NN(Cc2ccccc2)C(=O)/C1=C(/Cc1cccc(OC)c1)NCc1ccccn1. The molecule has 1 aliphatic rings. The van der Waals surface area contributed by atoms with E-state index in [0.717, 1.165) is 16.8 Å². The zero-order valence-corrected chi connectivity index (χ0v) is 20.3. The Morgan fingerprint density at radius 1 is 0.944 bits per heavy atom. The third-order valence-corrected chi connectivity index (χ3v) is 5.72. The van der Waals surface area contributed by atoms with Crippen LogP contribution in [-0.2, 0) is 33.8 Å². The third kappa shape index (κ3) is 6.15. The quantitative estimate of drug-likeness (QED) is 0.349. The summed E-state index contributed by atoms with van der Waals surface area (Å²) in [5, 5.41) is 9.34. The lowest BCUT2D eigenvalue weighted by atomic mass is 10.00. The van der Waals surface area contributed by atoms with Gasteiger partial charge < -0.3 is 14.8 Å². The second kappa shape index (κ2) is 11.8. The molecule has 4 rings (SSSR count). The number of allylic oxidation sites excluding steroid dienone is 1. The Labute approximate surface area is 210 Å². The lowest BCUT2D eigenvalue weighted by Crippen LogP contribution is -2.27. The number of aromatic nitrogens is 1. The summed E-state index contributed by atoms with van der Waals surface area (Å²) < 4.78 is 10.3. The van der Waals surface area contributed by atoms with Gasteiger partial charge in [0.2, 0.25) is 0 Å². The van der Waals surface area contributed by atoms with E-state index in [-0.39, 0.29) is 12.3 Å². The number of hydrogen-bond donors (Lipinski definition) is 1. The van der Waals surface area contributed by atoms with Gasteiger partial charge in [-0.2, -0.15) is 5.10 Å². The van der Waals surface area contributed by atoms with Gasteiger partial charge in [0, 0.05) is 18.3 Å². The monoisotopic (exact) mass is 484 g/mol. The molecule has 0 saturated heterocycles. The van der Waals surface area contributed by atoms with Crippen LogP contribution in [0.3, 0.4) is 0 Å². The predicted octanol–water partition coefficient (Wildman–Crippen LogP) is 3.64. The van der Waals surface area contributed by atoms with E-state index in [4.69, 9.17) is 9.47 Å². The zero-order chi connectivity index (χ0) is 25.3. The molecule has 1 aromatic heterocycles. The fourth-order valence-corrected chi connectivity index (χ4v) is 3.92. The first kappa shape index (κ1) is 24.7. The number of nitrogens with zero attached hydrogens (tertiary/aromatic N) is 3. The second-order valence-corrected chi connectivity index (χ2v) is 8.20. The van der Waals surface area contributed by atoms with Crippen molar-refractivity contribution in [3.8, 4) is 5.75 Å². The van der Waals surface area contributed by atoms with Crippen molar-refractivity contribution in [2.45, 2.75) is 25.9 Å². The molecule has 3 aromatic rings. The van der Waals surface area contributed by atoms with E-state index >= 15 is 0 Å². The van der Waals surface area contributed by atoms with E-state index < -0.39 is 5.97 Å². The molecule has 8 nitrogen and oxygen atoms in total. The molecular weight excluding hydrogens is 456 g/mol. The first-order valence-electron chi connectivity index (χ1n) is 11.6. The molecule has 0 spiro atoms. The van der Waals surface area contributed by atoms with Gasteiger partial charge in [-0.1, -0.05) is 48.5 Å². The molecule has 8 heteroatoms. The third-order valence-electron chi connectivity index (χ3n) is 5.72. The van der Waals surface area contributed by atoms with Crippen LogP contribution in [0.5, 0.6) is 5.75 Å². The lowest BCUT2D eigenvalue weighted by molar-refractivity contribution is -0.139. The standard InChI is InChI=1S/C28H28N4O4/c1-35-23-13-8-11-21(15-23)16-24(30-18-22-12-6-7-14-29-22)27-25(17-26(33)36-2)31-32(28(27)34)19-20-9-4-3-5-10-20/h3-15,30H,16-19H2,1-2H3/b27-24-. The summed E-state index contributed by atoms with van der Waals surface area (Å²) >= 11 is 0. The number of hydrazone groups is 1. The van der Waals surface area contributed by atoms with Crippen LogP contribution < -0.4 is 10.1 Å². The Kier molecular flexibility index (Phi) is 8.08. The molecule has 2 aromatic carbocycles. The van der Waals surface area contributed by atoms with Crippen molar-refractivity contribution >= 4 is 17.6 Å². The van der Waals surface area contributed by atoms with Crippen molar-refractivity contribution in [1.29, 1.82) is 0 Å². The normalized spacial score (nSPS) is 14.3. The number of hydrogen-bond acceptors (Lipinski definition) is 7. The summed E-state index contributed by atoms with van der Waals surface area (Å²) in [6.07, 6.45) is 2.01. The minimum absolute atomic E-state index is 0.115. The average Bonchev–Trinajstić information content (AvgIpc) is 3.21. The number of nitrogens with one attached hydrogen (secondary N) is 1. The van der Waals surface area contributed by atoms with Crippen molar-refractivity contribution in [3.63, 3.8) is 0 Å². The maximum absolute atomic E-state index is 13.7. The van der Waals surface area contributed by atoms with Crippen molar-refractivity contribution in [2.75, 3.05) is 14.2 Å². The van der Waals surface area contributed by atoms with E-state index in [0.29, 0.717) is 42.2 Å². The van der Waals surface area contributed by atoms with Crippen LogP contribution in [0.4, 0.5) is 0 Å². The molecular formula is C28H28N4O4. The number of esters is 1. The molecule has 0 unspecified atom stereocenters. The molecule has 0 bridgehead atoms. The Morgan fingerprint density at radius 3 is 2.44 bits per heavy atom. The molecule has 0 aliphatic carbocycles. The van der Waals surface area contributed by atoms with Crippen LogP contribution in [-0.4, -0.2) is 41.8 Å². The maximum Gasteiger partial charge on any atom is 0.311 e. The van der Waals surface area contributed by atoms with Crippen LogP contribution >= 0.6 is 0 Å². The topological polar surface area (TPSA) is 93.1 Å². The van der Waals surface area contributed by atoms with Crippen molar-refractivity contribution in [2.24, 2.45) is 5.10 Å². The summed E-state index contributed by atoms with van der Waals surface area (Å²) in [5.74, 6) is -0.0243. The number of carbonyl (C=O) groups excluding carboxylic acids is 2. The highest BCUT2D eigenvalue weighted by molar-refractivity contribution is 6.28.